The Labute approximate surface area is 196 Å². The molecule has 4 rings (SSSR count). The van der Waals surface area contributed by atoms with Gasteiger partial charge in [-0.1, -0.05) is 54.6 Å². The van der Waals surface area contributed by atoms with Crippen LogP contribution in [0.4, 0.5) is 0 Å². The predicted octanol–water partition coefficient (Wildman–Crippen LogP) is 3.37. The SMILES string of the molecule is c1ccc(OC2COc3ccccc3CNCCNCCNCc3ccccc3OC2)cc1. The van der Waals surface area contributed by atoms with Crippen LogP contribution >= 0.6 is 0 Å². The zero-order chi connectivity index (χ0) is 22.6. The van der Waals surface area contributed by atoms with E-state index in [9.17, 15) is 0 Å². The molecule has 6 nitrogen and oxygen atoms in total. The average Bonchev–Trinajstić information content (AvgIpc) is 2.86. The van der Waals surface area contributed by atoms with E-state index in [1.165, 1.54) is 0 Å². The van der Waals surface area contributed by atoms with Crippen LogP contribution in [0.15, 0.2) is 78.9 Å². The number of hydrogen-bond donors (Lipinski definition) is 3. The number of ether oxygens (including phenoxy) is 3. The van der Waals surface area contributed by atoms with Crippen LogP contribution in [-0.4, -0.2) is 45.5 Å². The molecule has 0 bridgehead atoms. The summed E-state index contributed by atoms with van der Waals surface area (Å²) in [6.07, 6.45) is -0.266. The van der Waals surface area contributed by atoms with Gasteiger partial charge in [0, 0.05) is 50.4 Å². The Morgan fingerprint density at radius 3 is 1.64 bits per heavy atom. The van der Waals surface area contributed by atoms with E-state index in [1.807, 2.05) is 66.7 Å². The summed E-state index contributed by atoms with van der Waals surface area (Å²) in [7, 11) is 0. The second kappa shape index (κ2) is 12.8. The minimum Gasteiger partial charge on any atom is -0.489 e. The minimum atomic E-state index is -0.266. The van der Waals surface area contributed by atoms with Crippen molar-refractivity contribution in [2.75, 3.05) is 39.4 Å². The molecule has 0 aromatic heterocycles. The fourth-order valence-electron chi connectivity index (χ4n) is 3.68. The van der Waals surface area contributed by atoms with Gasteiger partial charge in [-0.2, -0.15) is 0 Å². The fourth-order valence-corrected chi connectivity index (χ4v) is 3.68. The highest BCUT2D eigenvalue weighted by Gasteiger charge is 2.16. The van der Waals surface area contributed by atoms with Crippen LogP contribution < -0.4 is 30.2 Å². The minimum absolute atomic E-state index is 0.266. The van der Waals surface area contributed by atoms with Gasteiger partial charge in [-0.05, 0) is 24.3 Å². The summed E-state index contributed by atoms with van der Waals surface area (Å²) in [6, 6.07) is 26.1. The van der Waals surface area contributed by atoms with Crippen molar-refractivity contribution in [2.45, 2.75) is 19.2 Å². The lowest BCUT2D eigenvalue weighted by atomic mass is 10.2. The molecule has 6 heteroatoms. The molecule has 3 N–H and O–H groups in total. The molecule has 1 aliphatic rings. The molecule has 174 valence electrons. The van der Waals surface area contributed by atoms with Crippen LogP contribution in [0.2, 0.25) is 0 Å². The van der Waals surface area contributed by atoms with Crippen molar-refractivity contribution in [3.8, 4) is 17.2 Å². The summed E-state index contributed by atoms with van der Waals surface area (Å²) < 4.78 is 18.7. The van der Waals surface area contributed by atoms with Gasteiger partial charge in [0.15, 0.2) is 6.10 Å². The van der Waals surface area contributed by atoms with Crippen molar-refractivity contribution >= 4 is 0 Å². The fraction of sp³-hybridized carbons (Fsp3) is 0.333. The first-order valence-corrected chi connectivity index (χ1v) is 11.6. The lowest BCUT2D eigenvalue weighted by Crippen LogP contribution is -2.33. The van der Waals surface area contributed by atoms with Gasteiger partial charge in [-0.15, -0.1) is 0 Å². The highest BCUT2D eigenvalue weighted by Crippen LogP contribution is 2.21. The van der Waals surface area contributed by atoms with Gasteiger partial charge in [-0.25, -0.2) is 0 Å². The second-order valence-corrected chi connectivity index (χ2v) is 7.99. The van der Waals surface area contributed by atoms with Crippen LogP contribution in [0, 0.1) is 0 Å². The molecular formula is C27H33N3O3. The topological polar surface area (TPSA) is 63.8 Å². The third kappa shape index (κ3) is 7.49. The monoisotopic (exact) mass is 447 g/mol. The maximum Gasteiger partial charge on any atom is 0.166 e. The number of fused-ring (bicyclic) bond motifs is 2. The molecule has 0 amide bonds. The quantitative estimate of drug-likeness (QED) is 0.560. The van der Waals surface area contributed by atoms with E-state index in [0.29, 0.717) is 13.2 Å². The van der Waals surface area contributed by atoms with Crippen molar-refractivity contribution in [2.24, 2.45) is 0 Å². The van der Waals surface area contributed by atoms with Crippen LogP contribution in [-0.2, 0) is 13.1 Å². The molecule has 0 spiro atoms. The van der Waals surface area contributed by atoms with Gasteiger partial charge in [-0.3, -0.25) is 0 Å². The van der Waals surface area contributed by atoms with Crippen LogP contribution in [0.5, 0.6) is 17.2 Å². The highest BCUT2D eigenvalue weighted by molar-refractivity contribution is 5.34. The Hall–Kier alpha value is -3.06. The molecular weight excluding hydrogens is 414 g/mol. The van der Waals surface area contributed by atoms with E-state index in [1.54, 1.807) is 0 Å². The number of nitrogens with one attached hydrogen (secondary N) is 3. The molecule has 0 fully saturated rings. The number of hydrogen-bond acceptors (Lipinski definition) is 6. The number of rotatable bonds is 2. The Balaban J connectivity index is 1.51. The van der Waals surface area contributed by atoms with Crippen molar-refractivity contribution in [3.63, 3.8) is 0 Å². The van der Waals surface area contributed by atoms with Crippen molar-refractivity contribution in [1.29, 1.82) is 0 Å². The molecule has 0 saturated heterocycles. The first-order chi connectivity index (χ1) is 16.4. The average molecular weight is 448 g/mol. The number of benzene rings is 3. The standard InChI is InChI=1S/C27H33N3O3/c1-2-10-24(11-3-1)33-25-20-31-26-12-6-4-8-22(26)18-29-16-14-28-15-17-30-19-23-9-5-7-13-27(23)32-21-25/h1-13,25,28-30H,14-21H2. The largest absolute Gasteiger partial charge is 0.489 e. The zero-order valence-electron chi connectivity index (χ0n) is 19.0. The normalized spacial score (nSPS) is 16.7. The zero-order valence-corrected chi connectivity index (χ0v) is 19.0. The first-order valence-electron chi connectivity index (χ1n) is 11.6. The molecule has 0 saturated carbocycles. The second-order valence-electron chi connectivity index (χ2n) is 7.99. The summed E-state index contributed by atoms with van der Waals surface area (Å²) in [5, 5.41) is 10.4. The maximum absolute atomic E-state index is 6.24. The summed E-state index contributed by atoms with van der Waals surface area (Å²) in [5.41, 5.74) is 2.26. The van der Waals surface area contributed by atoms with Crippen molar-refractivity contribution in [1.82, 2.24) is 16.0 Å². The molecule has 0 atom stereocenters. The van der Waals surface area contributed by atoms with Crippen LogP contribution in [0.25, 0.3) is 0 Å². The van der Waals surface area contributed by atoms with E-state index < -0.39 is 0 Å². The molecule has 33 heavy (non-hydrogen) atoms. The Morgan fingerprint density at radius 1 is 0.576 bits per heavy atom. The molecule has 3 aromatic rings. The Kier molecular flexibility index (Phi) is 8.99. The summed E-state index contributed by atoms with van der Waals surface area (Å²) in [6.45, 7) is 5.89. The molecule has 0 aliphatic carbocycles. The van der Waals surface area contributed by atoms with E-state index in [2.05, 4.69) is 28.1 Å². The summed E-state index contributed by atoms with van der Waals surface area (Å²) in [5.74, 6) is 2.53. The van der Waals surface area contributed by atoms with Crippen LogP contribution in [0.1, 0.15) is 11.1 Å². The van der Waals surface area contributed by atoms with Gasteiger partial charge in [0.05, 0.1) is 0 Å². The lowest BCUT2D eigenvalue weighted by molar-refractivity contribution is 0.0803. The molecule has 1 heterocycles. The third-order valence-corrected chi connectivity index (χ3v) is 5.43. The predicted molar refractivity (Wildman–Crippen MR) is 131 cm³/mol. The third-order valence-electron chi connectivity index (χ3n) is 5.43. The van der Waals surface area contributed by atoms with Crippen molar-refractivity contribution < 1.29 is 14.2 Å². The van der Waals surface area contributed by atoms with Gasteiger partial charge < -0.3 is 30.2 Å². The highest BCUT2D eigenvalue weighted by atomic mass is 16.6. The van der Waals surface area contributed by atoms with Crippen LogP contribution in [0.3, 0.4) is 0 Å². The van der Waals surface area contributed by atoms with Gasteiger partial charge in [0.1, 0.15) is 30.5 Å². The summed E-state index contributed by atoms with van der Waals surface area (Å²) in [4.78, 5) is 0. The van der Waals surface area contributed by atoms with Crippen molar-refractivity contribution in [3.05, 3.63) is 90.0 Å². The molecule has 0 unspecified atom stereocenters. The Morgan fingerprint density at radius 2 is 1.06 bits per heavy atom. The first kappa shape index (κ1) is 23.1. The van der Waals surface area contributed by atoms with E-state index in [-0.39, 0.29) is 6.10 Å². The van der Waals surface area contributed by atoms with E-state index >= 15 is 0 Å². The number of para-hydroxylation sites is 3. The molecule has 0 radical (unpaired) electrons. The molecule has 3 aromatic carbocycles. The lowest BCUT2D eigenvalue weighted by Gasteiger charge is -2.22. The maximum atomic E-state index is 6.24. The van der Waals surface area contributed by atoms with E-state index in [4.69, 9.17) is 14.2 Å². The summed E-state index contributed by atoms with van der Waals surface area (Å²) >= 11 is 0. The van der Waals surface area contributed by atoms with Gasteiger partial charge in [0.2, 0.25) is 0 Å². The Bertz CT molecular complexity index is 910. The molecule has 1 aliphatic heterocycles. The van der Waals surface area contributed by atoms with E-state index in [0.717, 1.165) is 67.6 Å². The smallest absolute Gasteiger partial charge is 0.166 e. The van der Waals surface area contributed by atoms with Gasteiger partial charge >= 0.3 is 0 Å². The van der Waals surface area contributed by atoms with Gasteiger partial charge in [0.25, 0.3) is 0 Å².